The molecule has 0 radical (unpaired) electrons. The van der Waals surface area contributed by atoms with Crippen molar-refractivity contribution in [3.05, 3.63) is 0 Å². The predicted molar refractivity (Wildman–Crippen MR) is 95.0 cm³/mol. The van der Waals surface area contributed by atoms with E-state index >= 15 is 0 Å². The van der Waals surface area contributed by atoms with Crippen LogP contribution in [0.1, 0.15) is 58.8 Å². The van der Waals surface area contributed by atoms with E-state index in [1.807, 2.05) is 18.9 Å². The van der Waals surface area contributed by atoms with Crippen LogP contribution in [0.5, 0.6) is 0 Å². The number of thioether (sulfide) groups is 1. The van der Waals surface area contributed by atoms with Crippen LogP contribution in [0.4, 0.5) is 0 Å². The zero-order valence-electron chi connectivity index (χ0n) is 15.2. The van der Waals surface area contributed by atoms with E-state index in [9.17, 15) is 9.59 Å². The van der Waals surface area contributed by atoms with Crippen molar-refractivity contribution in [1.82, 2.24) is 4.90 Å². The first-order chi connectivity index (χ1) is 12.0. The average Bonchev–Trinajstić information content (AvgIpc) is 3.07. The molecule has 0 spiro atoms. The summed E-state index contributed by atoms with van der Waals surface area (Å²) in [5, 5.41) is 15.3. The summed E-state index contributed by atoms with van der Waals surface area (Å²) < 4.78 is 5.25. The Hall–Kier alpha value is -1.51. The van der Waals surface area contributed by atoms with Crippen molar-refractivity contribution >= 4 is 23.6 Å². The second-order valence-corrected chi connectivity index (χ2v) is 7.82. The highest BCUT2D eigenvalue weighted by Crippen LogP contribution is 2.36. The third-order valence-corrected chi connectivity index (χ3v) is 6.10. The Bertz CT molecular complexity index is 520. The molecule has 0 aromatic carbocycles. The maximum absolute atomic E-state index is 12.4. The van der Waals surface area contributed by atoms with E-state index in [-0.39, 0.29) is 24.0 Å². The molecule has 0 bridgehead atoms. The molecule has 0 aromatic rings. The fourth-order valence-corrected chi connectivity index (χ4v) is 4.13. The van der Waals surface area contributed by atoms with Crippen molar-refractivity contribution in [3.8, 4) is 0 Å². The molecule has 140 valence electrons. The van der Waals surface area contributed by atoms with Crippen LogP contribution in [0.3, 0.4) is 0 Å². The topological polar surface area (TPSA) is 96.0 Å². The standard InChI is InChI=1S/C16H27N5O3S/c1-4-16(17-19-20-18-16)25-11-5-6-15(23)21(3)13-7-9-14(10-8-13)24-12(2)22/h13-14H,4-11H2,1-3H3. The highest BCUT2D eigenvalue weighted by atomic mass is 32.2. The fourth-order valence-electron chi connectivity index (χ4n) is 3.13. The van der Waals surface area contributed by atoms with E-state index in [1.54, 1.807) is 11.8 Å². The largest absolute Gasteiger partial charge is 0.463 e. The molecule has 1 aliphatic carbocycles. The minimum atomic E-state index is -0.579. The Labute approximate surface area is 152 Å². The van der Waals surface area contributed by atoms with Crippen LogP contribution in [0.15, 0.2) is 20.7 Å². The average molecular weight is 369 g/mol. The van der Waals surface area contributed by atoms with Crippen LogP contribution >= 0.6 is 11.8 Å². The van der Waals surface area contributed by atoms with E-state index in [1.165, 1.54) is 6.92 Å². The van der Waals surface area contributed by atoms with E-state index < -0.39 is 4.99 Å². The van der Waals surface area contributed by atoms with Gasteiger partial charge in [-0.3, -0.25) is 9.59 Å². The highest BCUT2D eigenvalue weighted by molar-refractivity contribution is 8.00. The molecule has 1 aliphatic heterocycles. The van der Waals surface area contributed by atoms with Crippen LogP contribution in [-0.4, -0.2) is 46.7 Å². The van der Waals surface area contributed by atoms with Crippen molar-refractivity contribution in [2.45, 2.75) is 75.9 Å². The third kappa shape index (κ3) is 5.76. The SMILES string of the molecule is CCC1(SCCCC(=O)N(C)C2CCC(OC(C)=O)CC2)N=NN=N1. The number of amides is 1. The molecule has 1 fully saturated rings. The molecular weight excluding hydrogens is 342 g/mol. The van der Waals surface area contributed by atoms with Gasteiger partial charge in [-0.1, -0.05) is 6.92 Å². The number of esters is 1. The predicted octanol–water partition coefficient (Wildman–Crippen LogP) is 3.73. The second kappa shape index (κ2) is 9.26. The van der Waals surface area contributed by atoms with Crippen molar-refractivity contribution in [2.75, 3.05) is 12.8 Å². The molecule has 2 aliphatic rings. The van der Waals surface area contributed by atoms with Gasteiger partial charge >= 0.3 is 5.97 Å². The highest BCUT2D eigenvalue weighted by Gasteiger charge is 2.31. The molecule has 0 atom stereocenters. The maximum atomic E-state index is 12.4. The molecule has 1 saturated carbocycles. The van der Waals surface area contributed by atoms with Crippen molar-refractivity contribution in [2.24, 2.45) is 20.7 Å². The molecule has 25 heavy (non-hydrogen) atoms. The van der Waals surface area contributed by atoms with E-state index in [2.05, 4.69) is 20.7 Å². The molecule has 0 aromatic heterocycles. The Morgan fingerprint density at radius 1 is 1.20 bits per heavy atom. The fraction of sp³-hybridized carbons (Fsp3) is 0.875. The van der Waals surface area contributed by atoms with Gasteiger partial charge in [0, 0.05) is 32.9 Å². The summed E-state index contributed by atoms with van der Waals surface area (Å²) in [6.07, 6.45) is 5.46. The van der Waals surface area contributed by atoms with Gasteiger partial charge in [0.1, 0.15) is 6.10 Å². The summed E-state index contributed by atoms with van der Waals surface area (Å²) in [6.45, 7) is 3.44. The van der Waals surface area contributed by atoms with Crippen molar-refractivity contribution < 1.29 is 14.3 Å². The monoisotopic (exact) mass is 369 g/mol. The van der Waals surface area contributed by atoms with Crippen LogP contribution in [0.25, 0.3) is 0 Å². The number of carbonyl (C=O) groups excluding carboxylic acids is 2. The summed E-state index contributed by atoms with van der Waals surface area (Å²) in [5.41, 5.74) is 0. The smallest absolute Gasteiger partial charge is 0.302 e. The van der Waals surface area contributed by atoms with Crippen molar-refractivity contribution in [3.63, 3.8) is 0 Å². The van der Waals surface area contributed by atoms with Gasteiger partial charge in [0.15, 0.2) is 0 Å². The van der Waals surface area contributed by atoms with Crippen LogP contribution in [-0.2, 0) is 14.3 Å². The molecule has 1 heterocycles. The molecule has 1 amide bonds. The van der Waals surface area contributed by atoms with Gasteiger partial charge < -0.3 is 9.64 Å². The molecule has 2 rings (SSSR count). The van der Waals surface area contributed by atoms with Gasteiger partial charge in [0.05, 0.1) is 0 Å². The van der Waals surface area contributed by atoms with Gasteiger partial charge in [-0.05, 0) is 48.3 Å². The number of rotatable bonds is 8. The molecular formula is C16H27N5O3S. The first-order valence-corrected chi connectivity index (χ1v) is 9.85. The molecule has 8 nitrogen and oxygen atoms in total. The quantitative estimate of drug-likeness (QED) is 0.481. The zero-order valence-corrected chi connectivity index (χ0v) is 16.0. The first-order valence-electron chi connectivity index (χ1n) is 8.86. The molecule has 9 heteroatoms. The van der Waals surface area contributed by atoms with Gasteiger partial charge in [0.2, 0.25) is 10.9 Å². The lowest BCUT2D eigenvalue weighted by atomic mass is 9.92. The Kier molecular flexibility index (Phi) is 7.34. The first kappa shape index (κ1) is 19.8. The lowest BCUT2D eigenvalue weighted by Crippen LogP contribution is -2.40. The summed E-state index contributed by atoms with van der Waals surface area (Å²) in [4.78, 5) is 24.7. The Morgan fingerprint density at radius 3 is 2.40 bits per heavy atom. The number of hydrogen-bond donors (Lipinski definition) is 0. The number of ether oxygens (including phenoxy) is 1. The summed E-state index contributed by atoms with van der Waals surface area (Å²) in [6, 6.07) is 0.242. The number of hydrogen-bond acceptors (Lipinski definition) is 8. The zero-order chi connectivity index (χ0) is 18.3. The lowest BCUT2D eigenvalue weighted by Gasteiger charge is -2.34. The van der Waals surface area contributed by atoms with Gasteiger partial charge in [-0.25, -0.2) is 0 Å². The van der Waals surface area contributed by atoms with Crippen molar-refractivity contribution in [1.29, 1.82) is 0 Å². The summed E-state index contributed by atoms with van der Waals surface area (Å²) >= 11 is 1.59. The van der Waals surface area contributed by atoms with Gasteiger partial charge in [-0.2, -0.15) is 0 Å². The van der Waals surface area contributed by atoms with E-state index in [0.717, 1.165) is 44.3 Å². The second-order valence-electron chi connectivity index (χ2n) is 6.47. The number of carbonyl (C=O) groups is 2. The Morgan fingerprint density at radius 2 is 1.84 bits per heavy atom. The van der Waals surface area contributed by atoms with Crippen LogP contribution in [0, 0.1) is 0 Å². The minimum Gasteiger partial charge on any atom is -0.463 e. The normalized spacial score (nSPS) is 24.3. The Balaban J connectivity index is 1.66. The minimum absolute atomic E-state index is 0.00799. The van der Waals surface area contributed by atoms with Crippen LogP contribution in [0.2, 0.25) is 0 Å². The van der Waals surface area contributed by atoms with Gasteiger partial charge in [-0.15, -0.1) is 22.0 Å². The van der Waals surface area contributed by atoms with Crippen LogP contribution < -0.4 is 0 Å². The summed E-state index contributed by atoms with van der Waals surface area (Å²) in [7, 11) is 1.87. The molecule has 0 N–H and O–H groups in total. The van der Waals surface area contributed by atoms with E-state index in [4.69, 9.17) is 4.74 Å². The van der Waals surface area contributed by atoms with Gasteiger partial charge in [0.25, 0.3) is 0 Å². The lowest BCUT2D eigenvalue weighted by molar-refractivity contribution is -0.149. The molecule has 0 unspecified atom stereocenters. The summed E-state index contributed by atoms with van der Waals surface area (Å²) in [5.74, 6) is 0.735. The molecule has 0 saturated heterocycles. The maximum Gasteiger partial charge on any atom is 0.302 e. The third-order valence-electron chi connectivity index (χ3n) is 4.69. The number of nitrogens with zero attached hydrogens (tertiary/aromatic N) is 5. The van der Waals surface area contributed by atoms with E-state index in [0.29, 0.717) is 6.42 Å².